The molecule has 0 aromatic carbocycles. The zero-order valence-corrected chi connectivity index (χ0v) is 11.6. The molecule has 0 unspecified atom stereocenters. The summed E-state index contributed by atoms with van der Waals surface area (Å²) in [5.41, 5.74) is 0.635. The van der Waals surface area contributed by atoms with Crippen LogP contribution in [0.3, 0.4) is 0 Å². The first-order valence-electron chi connectivity index (χ1n) is 4.71. The van der Waals surface area contributed by atoms with Gasteiger partial charge in [-0.05, 0) is 29.5 Å². The molecule has 0 radical (unpaired) electrons. The van der Waals surface area contributed by atoms with Crippen molar-refractivity contribution in [2.45, 2.75) is 19.7 Å². The summed E-state index contributed by atoms with van der Waals surface area (Å²) in [7, 11) is 1.16. The van der Waals surface area contributed by atoms with Crippen LogP contribution >= 0.6 is 22.6 Å². The minimum atomic E-state index is -4.83. The second-order valence-electron chi connectivity index (χ2n) is 3.30. The summed E-state index contributed by atoms with van der Waals surface area (Å²) in [5, 5.41) is 0. The van der Waals surface area contributed by atoms with Gasteiger partial charge in [-0.1, -0.05) is 0 Å². The molecule has 8 heteroatoms. The highest BCUT2D eigenvalue weighted by molar-refractivity contribution is 14.1. The van der Waals surface area contributed by atoms with Crippen molar-refractivity contribution in [3.8, 4) is 5.75 Å². The number of alkyl halides is 3. The van der Waals surface area contributed by atoms with E-state index in [1.807, 2.05) is 22.6 Å². The topological polar surface area (TPSA) is 48.4 Å². The molecule has 1 aromatic rings. The number of carbonyl (C=O) groups excluding carboxylic acids is 1. The molecule has 0 aliphatic heterocycles. The van der Waals surface area contributed by atoms with E-state index in [0.717, 1.165) is 13.3 Å². The van der Waals surface area contributed by atoms with E-state index in [-0.39, 0.29) is 12.0 Å². The fourth-order valence-electron chi connectivity index (χ4n) is 1.21. The first-order valence-corrected chi connectivity index (χ1v) is 5.79. The Morgan fingerprint density at radius 1 is 1.50 bits per heavy atom. The lowest BCUT2D eigenvalue weighted by atomic mass is 10.1. The van der Waals surface area contributed by atoms with Crippen molar-refractivity contribution in [1.82, 2.24) is 4.98 Å². The van der Waals surface area contributed by atoms with Crippen LogP contribution in [-0.2, 0) is 16.0 Å². The van der Waals surface area contributed by atoms with Crippen molar-refractivity contribution in [2.75, 3.05) is 7.11 Å². The first-order chi connectivity index (χ1) is 8.24. The second kappa shape index (κ2) is 5.72. The SMILES string of the molecule is COC(=O)Cc1c(OC(F)(F)F)cnc(C)c1I. The van der Waals surface area contributed by atoms with Gasteiger partial charge in [-0.15, -0.1) is 13.2 Å². The van der Waals surface area contributed by atoms with Gasteiger partial charge in [0, 0.05) is 9.13 Å². The molecule has 0 aliphatic rings. The zero-order chi connectivity index (χ0) is 13.9. The molecule has 0 bridgehead atoms. The summed E-state index contributed by atoms with van der Waals surface area (Å²) in [6.45, 7) is 1.62. The molecule has 0 N–H and O–H groups in total. The smallest absolute Gasteiger partial charge is 0.469 e. The number of nitrogens with zero attached hydrogens (tertiary/aromatic N) is 1. The van der Waals surface area contributed by atoms with E-state index in [1.54, 1.807) is 6.92 Å². The molecule has 0 fully saturated rings. The summed E-state index contributed by atoms with van der Waals surface area (Å²) in [4.78, 5) is 15.0. The van der Waals surface area contributed by atoms with Crippen molar-refractivity contribution in [3.05, 3.63) is 21.0 Å². The molecule has 4 nitrogen and oxygen atoms in total. The van der Waals surface area contributed by atoms with Gasteiger partial charge in [-0.3, -0.25) is 9.78 Å². The molecule has 0 spiro atoms. The number of carbonyl (C=O) groups is 1. The molecule has 1 heterocycles. The highest BCUT2D eigenvalue weighted by atomic mass is 127. The van der Waals surface area contributed by atoms with Gasteiger partial charge in [0.1, 0.15) is 0 Å². The van der Waals surface area contributed by atoms with Gasteiger partial charge in [0.05, 0.1) is 25.4 Å². The maximum Gasteiger partial charge on any atom is 0.573 e. The molecule has 100 valence electrons. The lowest BCUT2D eigenvalue weighted by molar-refractivity contribution is -0.275. The van der Waals surface area contributed by atoms with E-state index >= 15 is 0 Å². The van der Waals surface area contributed by atoms with Crippen LogP contribution in [0.25, 0.3) is 0 Å². The number of ether oxygens (including phenoxy) is 2. The Kier molecular flexibility index (Phi) is 4.77. The van der Waals surface area contributed by atoms with Gasteiger partial charge >= 0.3 is 12.3 Å². The Morgan fingerprint density at radius 3 is 2.61 bits per heavy atom. The van der Waals surface area contributed by atoms with E-state index in [2.05, 4.69) is 14.5 Å². The number of pyridine rings is 1. The number of halogens is 4. The minimum absolute atomic E-state index is 0.118. The lowest BCUT2D eigenvalue weighted by Crippen LogP contribution is -2.20. The quantitative estimate of drug-likeness (QED) is 0.602. The summed E-state index contributed by atoms with van der Waals surface area (Å²) in [6.07, 6.45) is -4.18. The van der Waals surface area contributed by atoms with Crippen LogP contribution in [0.5, 0.6) is 5.75 Å². The third-order valence-electron chi connectivity index (χ3n) is 2.03. The molecule has 0 atom stereocenters. The van der Waals surface area contributed by atoms with Gasteiger partial charge in [-0.2, -0.15) is 0 Å². The van der Waals surface area contributed by atoms with Crippen molar-refractivity contribution < 1.29 is 27.4 Å². The van der Waals surface area contributed by atoms with E-state index in [4.69, 9.17) is 0 Å². The second-order valence-corrected chi connectivity index (χ2v) is 4.38. The standard InChI is InChI=1S/C10H9F3INO3/c1-5-9(14)6(3-8(16)17-2)7(4-15-5)18-10(11,12)13/h4H,3H2,1-2H3. The third kappa shape index (κ3) is 4.00. The van der Waals surface area contributed by atoms with Crippen molar-refractivity contribution in [1.29, 1.82) is 0 Å². The Balaban J connectivity index is 3.17. The maximum atomic E-state index is 12.2. The molecule has 0 aliphatic carbocycles. The fourth-order valence-corrected chi connectivity index (χ4v) is 1.81. The van der Waals surface area contributed by atoms with Crippen LogP contribution < -0.4 is 4.74 Å². The molecule has 1 aromatic heterocycles. The lowest BCUT2D eigenvalue weighted by Gasteiger charge is -2.14. The van der Waals surface area contributed by atoms with Gasteiger partial charge in [-0.25, -0.2) is 0 Å². The predicted octanol–water partition coefficient (Wildman–Crippen LogP) is 2.61. The van der Waals surface area contributed by atoms with Crippen LogP contribution in [0.2, 0.25) is 0 Å². The molecule has 0 amide bonds. The van der Waals surface area contributed by atoms with E-state index in [0.29, 0.717) is 9.26 Å². The number of aromatic nitrogens is 1. The number of esters is 1. The van der Waals surface area contributed by atoms with Crippen molar-refractivity contribution >= 4 is 28.6 Å². The largest absolute Gasteiger partial charge is 0.573 e. The Morgan fingerprint density at radius 2 is 2.11 bits per heavy atom. The maximum absolute atomic E-state index is 12.2. The number of aryl methyl sites for hydroxylation is 1. The number of rotatable bonds is 3. The van der Waals surface area contributed by atoms with Crippen LogP contribution in [0.4, 0.5) is 13.2 Å². The third-order valence-corrected chi connectivity index (χ3v) is 3.46. The first kappa shape index (κ1) is 15.0. The van der Waals surface area contributed by atoms with Gasteiger partial charge < -0.3 is 9.47 Å². The Labute approximate surface area is 115 Å². The molecule has 1 rings (SSSR count). The summed E-state index contributed by atoms with van der Waals surface area (Å²) in [5.74, 6) is -1.13. The summed E-state index contributed by atoms with van der Waals surface area (Å²) < 4.78 is 45.3. The van der Waals surface area contributed by atoms with Crippen LogP contribution in [0.1, 0.15) is 11.3 Å². The van der Waals surface area contributed by atoms with Crippen LogP contribution in [0.15, 0.2) is 6.20 Å². The number of hydrogen-bond donors (Lipinski definition) is 0. The van der Waals surface area contributed by atoms with Crippen LogP contribution in [-0.4, -0.2) is 24.4 Å². The zero-order valence-electron chi connectivity index (χ0n) is 9.47. The Bertz CT molecular complexity index is 462. The van der Waals surface area contributed by atoms with E-state index < -0.39 is 18.1 Å². The average molecular weight is 375 g/mol. The highest BCUT2D eigenvalue weighted by Crippen LogP contribution is 2.30. The molecular weight excluding hydrogens is 366 g/mol. The van der Waals surface area contributed by atoms with Crippen LogP contribution in [0, 0.1) is 10.5 Å². The van der Waals surface area contributed by atoms with E-state index in [9.17, 15) is 18.0 Å². The van der Waals surface area contributed by atoms with Crippen molar-refractivity contribution in [3.63, 3.8) is 0 Å². The van der Waals surface area contributed by atoms with Gasteiger partial charge in [0.25, 0.3) is 0 Å². The van der Waals surface area contributed by atoms with Gasteiger partial charge in [0.2, 0.25) is 0 Å². The Hall–Kier alpha value is -1.06. The average Bonchev–Trinajstić information content (AvgIpc) is 2.26. The molecular formula is C10H9F3INO3. The minimum Gasteiger partial charge on any atom is -0.469 e. The number of methoxy groups -OCH3 is 1. The molecule has 0 saturated carbocycles. The molecule has 0 saturated heterocycles. The fraction of sp³-hybridized carbons (Fsp3) is 0.400. The molecule has 18 heavy (non-hydrogen) atoms. The van der Waals surface area contributed by atoms with E-state index in [1.165, 1.54) is 0 Å². The number of hydrogen-bond acceptors (Lipinski definition) is 4. The highest BCUT2D eigenvalue weighted by Gasteiger charge is 2.33. The van der Waals surface area contributed by atoms with Gasteiger partial charge in [0.15, 0.2) is 5.75 Å². The monoisotopic (exact) mass is 375 g/mol. The predicted molar refractivity (Wildman–Crippen MR) is 64.1 cm³/mol. The summed E-state index contributed by atoms with van der Waals surface area (Å²) >= 11 is 1.81. The normalized spacial score (nSPS) is 11.2. The summed E-state index contributed by atoms with van der Waals surface area (Å²) in [6, 6.07) is 0. The van der Waals surface area contributed by atoms with Crippen molar-refractivity contribution in [2.24, 2.45) is 0 Å².